The topological polar surface area (TPSA) is 115 Å². The van der Waals surface area contributed by atoms with E-state index in [-0.39, 0.29) is 29.7 Å². The molecule has 8 heteroatoms. The monoisotopic (exact) mass is 552 g/mol. The Hall–Kier alpha value is -4.17. The number of urea groups is 1. The minimum atomic E-state index is -0.149. The van der Waals surface area contributed by atoms with Crippen LogP contribution in [0.3, 0.4) is 0 Å². The van der Waals surface area contributed by atoms with E-state index in [0.29, 0.717) is 31.0 Å². The standard InChI is InChI=1S/C33H40N6O2/c34-32(35)27-12-7-13-29(20-27)39-30(18-25-14-16-38(17-15-25)23-26-10-5-2-6-11-26)28(22-37-33(39)41)21-36-31(40)19-24-8-3-1-4-9-24/h1-13,20,25,28,30H,14-19,21-23H2,(H3,34,35)(H,36,40)(H,37,41). The average molecular weight is 553 g/mol. The maximum Gasteiger partial charge on any atom is 0.322 e. The summed E-state index contributed by atoms with van der Waals surface area (Å²) in [7, 11) is 0. The lowest BCUT2D eigenvalue weighted by molar-refractivity contribution is -0.120. The van der Waals surface area contributed by atoms with Crippen LogP contribution in [0.25, 0.3) is 0 Å². The molecule has 2 unspecified atom stereocenters. The van der Waals surface area contributed by atoms with Crippen molar-refractivity contribution in [2.24, 2.45) is 17.6 Å². The summed E-state index contributed by atoms with van der Waals surface area (Å²) in [5, 5.41) is 14.1. The van der Waals surface area contributed by atoms with E-state index in [2.05, 4.69) is 45.9 Å². The van der Waals surface area contributed by atoms with Gasteiger partial charge in [-0.3, -0.25) is 20.0 Å². The summed E-state index contributed by atoms with van der Waals surface area (Å²) < 4.78 is 0. The van der Waals surface area contributed by atoms with Gasteiger partial charge in [-0.2, -0.15) is 0 Å². The molecule has 0 spiro atoms. The zero-order chi connectivity index (χ0) is 28.6. The number of rotatable bonds is 10. The highest BCUT2D eigenvalue weighted by molar-refractivity contribution is 5.98. The van der Waals surface area contributed by atoms with Crippen LogP contribution < -0.4 is 21.3 Å². The second-order valence-corrected chi connectivity index (χ2v) is 11.3. The predicted octanol–water partition coefficient (Wildman–Crippen LogP) is 4.15. The zero-order valence-electron chi connectivity index (χ0n) is 23.5. The lowest BCUT2D eigenvalue weighted by atomic mass is 9.83. The molecule has 2 saturated heterocycles. The van der Waals surface area contributed by atoms with Crippen molar-refractivity contribution in [3.63, 3.8) is 0 Å². The molecule has 3 aromatic rings. The van der Waals surface area contributed by atoms with E-state index in [1.54, 1.807) is 6.07 Å². The number of amides is 3. The number of nitrogens with two attached hydrogens (primary N) is 1. The molecule has 5 N–H and O–H groups in total. The maximum absolute atomic E-state index is 13.3. The van der Waals surface area contributed by atoms with Crippen molar-refractivity contribution in [1.82, 2.24) is 15.5 Å². The fourth-order valence-electron chi connectivity index (χ4n) is 6.09. The largest absolute Gasteiger partial charge is 0.384 e. The van der Waals surface area contributed by atoms with Crippen LogP contribution in [0.4, 0.5) is 10.5 Å². The number of nitrogens with one attached hydrogen (secondary N) is 3. The lowest BCUT2D eigenvalue weighted by Gasteiger charge is -2.44. The smallest absolute Gasteiger partial charge is 0.322 e. The van der Waals surface area contributed by atoms with Crippen LogP contribution in [-0.4, -0.2) is 54.9 Å². The van der Waals surface area contributed by atoms with E-state index in [0.717, 1.165) is 50.1 Å². The third-order valence-corrected chi connectivity index (χ3v) is 8.35. The van der Waals surface area contributed by atoms with Crippen LogP contribution in [0.2, 0.25) is 0 Å². The van der Waals surface area contributed by atoms with Crippen molar-refractivity contribution in [2.45, 2.75) is 38.3 Å². The summed E-state index contributed by atoms with van der Waals surface area (Å²) in [6.45, 7) is 3.99. The Labute approximate surface area is 242 Å². The lowest BCUT2D eigenvalue weighted by Crippen LogP contribution is -2.60. The fraction of sp³-hybridized carbons (Fsp3) is 0.364. The van der Waals surface area contributed by atoms with E-state index in [9.17, 15) is 9.59 Å². The molecule has 0 saturated carbocycles. The molecule has 3 aromatic carbocycles. The molecule has 0 radical (unpaired) electrons. The van der Waals surface area contributed by atoms with Crippen molar-refractivity contribution < 1.29 is 9.59 Å². The Morgan fingerprint density at radius 2 is 1.63 bits per heavy atom. The summed E-state index contributed by atoms with van der Waals surface area (Å²) in [6.07, 6.45) is 3.32. The van der Waals surface area contributed by atoms with Gasteiger partial charge in [0.15, 0.2) is 0 Å². The van der Waals surface area contributed by atoms with E-state index in [1.807, 2.05) is 53.4 Å². The molecule has 2 fully saturated rings. The molecule has 2 heterocycles. The van der Waals surface area contributed by atoms with E-state index < -0.39 is 0 Å². The predicted molar refractivity (Wildman–Crippen MR) is 163 cm³/mol. The molecule has 5 rings (SSSR count). The van der Waals surface area contributed by atoms with Crippen molar-refractivity contribution >= 4 is 23.5 Å². The van der Waals surface area contributed by atoms with Crippen LogP contribution in [0, 0.1) is 17.2 Å². The van der Waals surface area contributed by atoms with Gasteiger partial charge in [-0.05, 0) is 61.5 Å². The van der Waals surface area contributed by atoms with Crippen molar-refractivity contribution in [3.8, 4) is 0 Å². The number of benzene rings is 3. The van der Waals surface area contributed by atoms with Crippen molar-refractivity contribution in [3.05, 3.63) is 102 Å². The van der Waals surface area contributed by atoms with E-state index >= 15 is 0 Å². The van der Waals surface area contributed by atoms with Crippen LogP contribution in [0.1, 0.15) is 36.0 Å². The molecule has 0 aromatic heterocycles. The summed E-state index contributed by atoms with van der Waals surface area (Å²) in [5.41, 5.74) is 9.40. The van der Waals surface area contributed by atoms with Gasteiger partial charge in [0.05, 0.1) is 6.42 Å². The average Bonchev–Trinajstić information content (AvgIpc) is 2.99. The number of nitrogen functional groups attached to an aromatic ring is 1. The number of carbonyl (C=O) groups excluding carboxylic acids is 2. The molecule has 3 amide bonds. The number of hydrogen-bond acceptors (Lipinski definition) is 4. The summed E-state index contributed by atoms with van der Waals surface area (Å²) in [6, 6.07) is 27.4. The summed E-state index contributed by atoms with van der Waals surface area (Å²) in [4.78, 5) is 30.5. The highest BCUT2D eigenvalue weighted by Gasteiger charge is 2.38. The van der Waals surface area contributed by atoms with Gasteiger partial charge in [0.1, 0.15) is 5.84 Å². The van der Waals surface area contributed by atoms with Crippen LogP contribution in [-0.2, 0) is 17.8 Å². The first kappa shape index (κ1) is 28.4. The molecule has 2 aliphatic rings. The van der Waals surface area contributed by atoms with Gasteiger partial charge in [-0.25, -0.2) is 4.79 Å². The molecule has 8 nitrogen and oxygen atoms in total. The molecule has 2 aliphatic heterocycles. The highest BCUT2D eigenvalue weighted by atomic mass is 16.2. The quantitative estimate of drug-likeness (QED) is 0.224. The fourth-order valence-corrected chi connectivity index (χ4v) is 6.09. The minimum absolute atomic E-state index is 0.0220. The second kappa shape index (κ2) is 13.5. The van der Waals surface area contributed by atoms with Gasteiger partial charge < -0.3 is 16.4 Å². The SMILES string of the molecule is N=C(N)c1cccc(N2C(=O)NCC(CNC(=O)Cc3ccccc3)C2CC2CCN(Cc3ccccc3)CC2)c1. The number of nitrogens with zero attached hydrogens (tertiary/aromatic N) is 2. The van der Waals surface area contributed by atoms with Gasteiger partial charge in [0.25, 0.3) is 0 Å². The Morgan fingerprint density at radius 3 is 2.32 bits per heavy atom. The van der Waals surface area contributed by atoms with Crippen LogP contribution >= 0.6 is 0 Å². The molecular formula is C33H40N6O2. The minimum Gasteiger partial charge on any atom is -0.384 e. The van der Waals surface area contributed by atoms with Crippen LogP contribution in [0.15, 0.2) is 84.9 Å². The third kappa shape index (κ3) is 7.52. The van der Waals surface area contributed by atoms with Gasteiger partial charge in [-0.1, -0.05) is 72.8 Å². The Bertz CT molecular complexity index is 1320. The first-order chi connectivity index (χ1) is 20.0. The van der Waals surface area contributed by atoms with Gasteiger partial charge in [0, 0.05) is 42.8 Å². The first-order valence-electron chi connectivity index (χ1n) is 14.5. The number of anilines is 1. The Balaban J connectivity index is 1.29. The van der Waals surface area contributed by atoms with E-state index in [4.69, 9.17) is 11.1 Å². The maximum atomic E-state index is 13.3. The number of hydrogen-bond donors (Lipinski definition) is 4. The zero-order valence-corrected chi connectivity index (χ0v) is 23.5. The molecular weight excluding hydrogens is 512 g/mol. The third-order valence-electron chi connectivity index (χ3n) is 8.35. The van der Waals surface area contributed by atoms with Gasteiger partial charge in [-0.15, -0.1) is 0 Å². The Morgan fingerprint density at radius 1 is 0.951 bits per heavy atom. The summed E-state index contributed by atoms with van der Waals surface area (Å²) in [5.74, 6) is 0.456. The molecule has 0 aliphatic carbocycles. The molecule has 214 valence electrons. The van der Waals surface area contributed by atoms with E-state index in [1.165, 1.54) is 5.56 Å². The first-order valence-corrected chi connectivity index (χ1v) is 14.5. The molecule has 41 heavy (non-hydrogen) atoms. The second-order valence-electron chi connectivity index (χ2n) is 11.3. The Kier molecular flexibility index (Phi) is 9.31. The van der Waals surface area contributed by atoms with Crippen molar-refractivity contribution in [2.75, 3.05) is 31.1 Å². The number of amidine groups is 1. The number of likely N-dealkylation sites (tertiary alicyclic amines) is 1. The van der Waals surface area contributed by atoms with Crippen molar-refractivity contribution in [1.29, 1.82) is 5.41 Å². The molecule has 2 atom stereocenters. The van der Waals surface area contributed by atoms with Crippen LogP contribution in [0.5, 0.6) is 0 Å². The van der Waals surface area contributed by atoms with Gasteiger partial charge in [0.2, 0.25) is 5.91 Å². The number of carbonyl (C=O) groups is 2. The normalized spacial score (nSPS) is 19.9. The van der Waals surface area contributed by atoms with Gasteiger partial charge >= 0.3 is 6.03 Å². The number of piperidine rings is 1. The molecule has 0 bridgehead atoms. The summed E-state index contributed by atoms with van der Waals surface area (Å²) >= 11 is 0. The highest BCUT2D eigenvalue weighted by Crippen LogP contribution is 2.32.